The predicted octanol–water partition coefficient (Wildman–Crippen LogP) is 4.15. The molecule has 1 atom stereocenters. The Morgan fingerprint density at radius 1 is 1.23 bits per heavy atom. The van der Waals surface area contributed by atoms with Gasteiger partial charge in [-0.15, -0.1) is 11.3 Å². The van der Waals surface area contributed by atoms with E-state index in [4.69, 9.17) is 4.98 Å². The van der Waals surface area contributed by atoms with Crippen molar-refractivity contribution in [3.05, 3.63) is 28.7 Å². The first-order valence-corrected chi connectivity index (χ1v) is 8.90. The van der Waals surface area contributed by atoms with Crippen molar-refractivity contribution in [1.82, 2.24) is 19.9 Å². The summed E-state index contributed by atoms with van der Waals surface area (Å²) in [6, 6.07) is 3.11. The second-order valence-electron chi connectivity index (χ2n) is 6.34. The van der Waals surface area contributed by atoms with Gasteiger partial charge in [-0.1, -0.05) is 6.42 Å². The number of hydrogen-bond acceptors (Lipinski definition) is 5. The molecule has 2 aromatic rings. The van der Waals surface area contributed by atoms with Crippen molar-refractivity contribution in [1.29, 1.82) is 0 Å². The summed E-state index contributed by atoms with van der Waals surface area (Å²) < 4.78 is 0. The fraction of sp³-hybridized carbons (Fsp3) is 0.588. The van der Waals surface area contributed by atoms with Crippen LogP contribution in [-0.4, -0.2) is 32.4 Å². The highest BCUT2D eigenvalue weighted by Gasteiger charge is 2.27. The molecule has 3 heterocycles. The van der Waals surface area contributed by atoms with Crippen LogP contribution in [0.25, 0.3) is 10.7 Å². The van der Waals surface area contributed by atoms with E-state index >= 15 is 0 Å². The maximum absolute atomic E-state index is 4.75. The highest BCUT2D eigenvalue weighted by Crippen LogP contribution is 2.33. The van der Waals surface area contributed by atoms with Gasteiger partial charge >= 0.3 is 0 Å². The molecule has 0 amide bonds. The summed E-state index contributed by atoms with van der Waals surface area (Å²) in [6.45, 7) is 9.78. The second kappa shape index (κ2) is 6.42. The third kappa shape index (κ3) is 3.20. The van der Waals surface area contributed by atoms with Gasteiger partial charge in [0.2, 0.25) is 0 Å². The molecule has 1 aliphatic heterocycles. The van der Waals surface area contributed by atoms with Crippen molar-refractivity contribution in [3.8, 4) is 10.7 Å². The van der Waals surface area contributed by atoms with Crippen LogP contribution in [0.1, 0.15) is 55.5 Å². The zero-order chi connectivity index (χ0) is 15.7. The summed E-state index contributed by atoms with van der Waals surface area (Å²) in [4.78, 5) is 17.6. The summed E-state index contributed by atoms with van der Waals surface area (Å²) >= 11 is 1.70. The van der Waals surface area contributed by atoms with Gasteiger partial charge < -0.3 is 0 Å². The molecule has 1 fully saturated rings. The van der Waals surface area contributed by atoms with Gasteiger partial charge in [0.05, 0.1) is 11.7 Å². The minimum Gasteiger partial charge on any atom is -0.292 e. The normalized spacial score (nSPS) is 19.8. The van der Waals surface area contributed by atoms with Gasteiger partial charge in [0, 0.05) is 17.1 Å². The monoisotopic (exact) mass is 316 g/mol. The van der Waals surface area contributed by atoms with E-state index in [1.165, 1.54) is 24.1 Å². The maximum Gasteiger partial charge on any atom is 0.142 e. The van der Waals surface area contributed by atoms with E-state index in [1.807, 2.05) is 13.1 Å². The van der Waals surface area contributed by atoms with E-state index in [2.05, 4.69) is 41.7 Å². The van der Waals surface area contributed by atoms with E-state index in [9.17, 15) is 0 Å². The number of rotatable bonds is 3. The number of nitrogens with zero attached hydrogens (tertiary/aromatic N) is 4. The highest BCUT2D eigenvalue weighted by molar-refractivity contribution is 7.14. The average Bonchev–Trinajstić information content (AvgIpc) is 2.93. The number of likely N-dealkylation sites (tertiary alicyclic amines) is 1. The molecule has 22 heavy (non-hydrogen) atoms. The van der Waals surface area contributed by atoms with Gasteiger partial charge in [0.25, 0.3) is 0 Å². The lowest BCUT2D eigenvalue weighted by atomic mass is 9.97. The minimum atomic E-state index is 0.412. The summed E-state index contributed by atoms with van der Waals surface area (Å²) in [6.07, 6.45) is 5.67. The van der Waals surface area contributed by atoms with Crippen LogP contribution < -0.4 is 0 Å². The summed E-state index contributed by atoms with van der Waals surface area (Å²) in [5, 5.41) is 0.996. The van der Waals surface area contributed by atoms with Gasteiger partial charge in [-0.25, -0.2) is 15.0 Å². The molecule has 0 saturated carbocycles. The predicted molar refractivity (Wildman–Crippen MR) is 91.0 cm³/mol. The largest absolute Gasteiger partial charge is 0.292 e. The summed E-state index contributed by atoms with van der Waals surface area (Å²) in [5.41, 5.74) is 2.12. The Morgan fingerprint density at radius 3 is 2.73 bits per heavy atom. The first-order chi connectivity index (χ1) is 10.5. The molecular weight excluding hydrogens is 292 g/mol. The molecule has 0 bridgehead atoms. The van der Waals surface area contributed by atoms with E-state index in [0.717, 1.165) is 28.8 Å². The van der Waals surface area contributed by atoms with Crippen molar-refractivity contribution >= 4 is 11.3 Å². The molecule has 4 nitrogen and oxygen atoms in total. The molecule has 0 N–H and O–H groups in total. The van der Waals surface area contributed by atoms with Gasteiger partial charge in [-0.2, -0.15) is 0 Å². The first-order valence-electron chi connectivity index (χ1n) is 8.08. The van der Waals surface area contributed by atoms with Crippen molar-refractivity contribution in [2.24, 2.45) is 0 Å². The Hall–Kier alpha value is -1.33. The summed E-state index contributed by atoms with van der Waals surface area (Å²) in [5.74, 6) is 0.842. The smallest absolute Gasteiger partial charge is 0.142 e. The Balaban J connectivity index is 1.98. The molecule has 3 rings (SSSR count). The molecule has 0 aromatic carbocycles. The third-order valence-corrected chi connectivity index (χ3v) is 5.18. The molecule has 0 radical (unpaired) electrons. The fourth-order valence-corrected chi connectivity index (χ4v) is 3.96. The number of hydrogen-bond donors (Lipinski definition) is 0. The van der Waals surface area contributed by atoms with Gasteiger partial charge in [0.15, 0.2) is 0 Å². The second-order valence-corrected chi connectivity index (χ2v) is 7.58. The van der Waals surface area contributed by atoms with E-state index in [0.29, 0.717) is 12.1 Å². The van der Waals surface area contributed by atoms with Crippen LogP contribution in [0.3, 0.4) is 0 Å². The Morgan fingerprint density at radius 2 is 2.05 bits per heavy atom. The standard InChI is InChI=1S/C17H24N4S/c1-11(2)21-8-6-5-7-16(21)14-9-15(20-13(4)19-14)17-18-10-12(3)22-17/h9-11,16H,5-8H2,1-4H3/t16-/m1/s1. The van der Waals surface area contributed by atoms with Crippen LogP contribution in [0.2, 0.25) is 0 Å². The Labute approximate surface area is 136 Å². The van der Waals surface area contributed by atoms with E-state index in [1.54, 1.807) is 11.3 Å². The molecule has 1 aliphatic rings. The topological polar surface area (TPSA) is 41.9 Å². The molecular formula is C17H24N4S. The number of piperidine rings is 1. The van der Waals surface area contributed by atoms with Crippen molar-refractivity contribution in [2.45, 2.75) is 59.0 Å². The van der Waals surface area contributed by atoms with Crippen LogP contribution >= 0.6 is 11.3 Å². The first kappa shape index (κ1) is 15.6. The number of aromatic nitrogens is 3. The van der Waals surface area contributed by atoms with Crippen LogP contribution in [0.4, 0.5) is 0 Å². The lowest BCUT2D eigenvalue weighted by Gasteiger charge is -2.38. The van der Waals surface area contributed by atoms with Gasteiger partial charge in [0.1, 0.15) is 16.5 Å². The third-order valence-electron chi connectivity index (χ3n) is 4.25. The van der Waals surface area contributed by atoms with Crippen LogP contribution in [0.15, 0.2) is 12.3 Å². The zero-order valence-corrected chi connectivity index (χ0v) is 14.7. The average molecular weight is 316 g/mol. The number of aryl methyl sites for hydroxylation is 2. The molecule has 0 unspecified atom stereocenters. The lowest BCUT2D eigenvalue weighted by Crippen LogP contribution is -2.39. The van der Waals surface area contributed by atoms with Crippen molar-refractivity contribution in [3.63, 3.8) is 0 Å². The Bertz CT molecular complexity index is 650. The van der Waals surface area contributed by atoms with Crippen molar-refractivity contribution < 1.29 is 0 Å². The SMILES string of the molecule is Cc1nc(-c2ncc(C)s2)cc([C@H]2CCCCN2C(C)C)n1. The van der Waals surface area contributed by atoms with Crippen molar-refractivity contribution in [2.75, 3.05) is 6.54 Å². The zero-order valence-electron chi connectivity index (χ0n) is 13.8. The maximum atomic E-state index is 4.75. The van der Waals surface area contributed by atoms with Crippen LogP contribution in [-0.2, 0) is 0 Å². The van der Waals surface area contributed by atoms with E-state index < -0.39 is 0 Å². The van der Waals surface area contributed by atoms with Crippen LogP contribution in [0.5, 0.6) is 0 Å². The fourth-order valence-electron chi connectivity index (χ4n) is 3.23. The molecule has 1 saturated heterocycles. The minimum absolute atomic E-state index is 0.412. The highest BCUT2D eigenvalue weighted by atomic mass is 32.1. The number of thiazole rings is 1. The van der Waals surface area contributed by atoms with Gasteiger partial charge in [-0.05, 0) is 53.1 Å². The molecule has 2 aromatic heterocycles. The molecule has 0 aliphatic carbocycles. The van der Waals surface area contributed by atoms with E-state index in [-0.39, 0.29) is 0 Å². The molecule has 0 spiro atoms. The quantitative estimate of drug-likeness (QED) is 0.853. The van der Waals surface area contributed by atoms with Crippen LogP contribution in [0, 0.1) is 13.8 Å². The lowest BCUT2D eigenvalue weighted by molar-refractivity contribution is 0.109. The Kier molecular flexibility index (Phi) is 4.54. The van der Waals surface area contributed by atoms with Gasteiger partial charge in [-0.3, -0.25) is 4.90 Å². The summed E-state index contributed by atoms with van der Waals surface area (Å²) in [7, 11) is 0. The molecule has 118 valence electrons. The molecule has 5 heteroatoms.